The largest absolute Gasteiger partial charge is 0.247 e. The molecule has 2 unspecified atom stereocenters. The van der Waals surface area contributed by atoms with Crippen molar-refractivity contribution in [2.24, 2.45) is 0 Å². The van der Waals surface area contributed by atoms with E-state index in [0.29, 0.717) is 11.8 Å². The molecule has 0 amide bonds. The normalized spacial score (nSPS) is 19.3. The van der Waals surface area contributed by atoms with E-state index in [4.69, 9.17) is 4.98 Å². The van der Waals surface area contributed by atoms with Gasteiger partial charge in [-0.1, -0.05) is 73.8 Å². The number of aryl methyl sites for hydroxylation is 1. The fraction of sp³-hybridized carbons (Fsp3) is 0.207. The Morgan fingerprint density at radius 1 is 0.750 bits per heavy atom. The molecule has 0 spiro atoms. The molecular formula is C29H21Br2N. The molecular weight excluding hydrogens is 522 g/mol. The van der Waals surface area contributed by atoms with Crippen molar-refractivity contribution in [3.63, 3.8) is 0 Å². The number of rotatable bonds is 1. The number of fused-ring (bicyclic) bond motifs is 12. The van der Waals surface area contributed by atoms with E-state index in [1.165, 1.54) is 68.6 Å². The smallest absolute Gasteiger partial charge is 0.0797 e. The molecule has 4 aromatic carbocycles. The molecule has 1 fully saturated rings. The maximum Gasteiger partial charge on any atom is 0.0797 e. The van der Waals surface area contributed by atoms with Crippen LogP contribution in [0.25, 0.3) is 43.7 Å². The standard InChI is InChI=1S/C29H21Br2N/c1-15-5-9-21-23(11-15)24-14-20(31)8-10-22(24)29-27(21)25-16-6-7-17(12-16)26(25)28(32-29)18-3-2-4-19(30)13-18/h2-5,8-11,13-14,16-17H,6-7,12H2,1H3. The van der Waals surface area contributed by atoms with E-state index in [0.717, 1.165) is 14.5 Å². The van der Waals surface area contributed by atoms with Gasteiger partial charge in [0.25, 0.3) is 0 Å². The maximum atomic E-state index is 5.47. The molecule has 2 bridgehead atoms. The number of hydrogen-bond acceptors (Lipinski definition) is 1. The predicted octanol–water partition coefficient (Wildman–Crippen LogP) is 9.41. The number of halogens is 2. The van der Waals surface area contributed by atoms with Crippen LogP contribution in [-0.2, 0) is 0 Å². The molecule has 0 aliphatic heterocycles. The molecule has 1 heterocycles. The van der Waals surface area contributed by atoms with Crippen molar-refractivity contribution in [2.45, 2.75) is 38.0 Å². The van der Waals surface area contributed by atoms with Crippen molar-refractivity contribution in [1.29, 1.82) is 0 Å². The SMILES string of the molecule is Cc1ccc2c(c1)c1cc(Br)ccc1c1nc(-c3cccc(Br)c3)c3c(c21)C1CCC3C1. The monoisotopic (exact) mass is 541 g/mol. The van der Waals surface area contributed by atoms with Crippen LogP contribution in [0.5, 0.6) is 0 Å². The van der Waals surface area contributed by atoms with Gasteiger partial charge in [0.15, 0.2) is 0 Å². The second-order valence-corrected chi connectivity index (χ2v) is 11.3. The minimum Gasteiger partial charge on any atom is -0.247 e. The number of pyridine rings is 1. The van der Waals surface area contributed by atoms with Gasteiger partial charge in [-0.15, -0.1) is 0 Å². The minimum atomic E-state index is 0.641. The zero-order valence-electron chi connectivity index (χ0n) is 17.8. The van der Waals surface area contributed by atoms with Gasteiger partial charge in [-0.3, -0.25) is 0 Å². The third kappa shape index (κ3) is 2.64. The third-order valence-electron chi connectivity index (χ3n) is 7.59. The first-order valence-corrected chi connectivity index (χ1v) is 12.9. The molecule has 0 N–H and O–H groups in total. The van der Waals surface area contributed by atoms with Gasteiger partial charge in [-0.25, -0.2) is 4.98 Å². The molecule has 5 aromatic rings. The highest BCUT2D eigenvalue weighted by atomic mass is 79.9. The zero-order chi connectivity index (χ0) is 21.6. The Bertz CT molecular complexity index is 1600. The molecule has 32 heavy (non-hydrogen) atoms. The van der Waals surface area contributed by atoms with Crippen molar-refractivity contribution in [3.05, 3.63) is 86.3 Å². The van der Waals surface area contributed by atoms with Crippen LogP contribution in [0.3, 0.4) is 0 Å². The first-order valence-electron chi connectivity index (χ1n) is 11.3. The van der Waals surface area contributed by atoms with E-state index >= 15 is 0 Å². The number of nitrogens with zero attached hydrogens (tertiary/aromatic N) is 1. The average Bonchev–Trinajstić information content (AvgIpc) is 3.41. The molecule has 1 saturated carbocycles. The summed E-state index contributed by atoms with van der Waals surface area (Å²) in [7, 11) is 0. The van der Waals surface area contributed by atoms with E-state index in [-0.39, 0.29) is 0 Å². The molecule has 1 nitrogen and oxygen atoms in total. The summed E-state index contributed by atoms with van der Waals surface area (Å²) in [6, 6.07) is 22.3. The lowest BCUT2D eigenvalue weighted by molar-refractivity contribution is 0.721. The van der Waals surface area contributed by atoms with E-state index in [2.05, 4.69) is 99.4 Å². The first kappa shape index (κ1) is 19.3. The van der Waals surface area contributed by atoms with Crippen LogP contribution in [0.2, 0.25) is 0 Å². The Morgan fingerprint density at radius 3 is 2.34 bits per heavy atom. The van der Waals surface area contributed by atoms with Crippen LogP contribution in [-0.4, -0.2) is 4.98 Å². The van der Waals surface area contributed by atoms with Crippen LogP contribution in [0, 0.1) is 6.92 Å². The van der Waals surface area contributed by atoms with Crippen molar-refractivity contribution in [1.82, 2.24) is 4.98 Å². The van der Waals surface area contributed by atoms with E-state index < -0.39 is 0 Å². The first-order chi connectivity index (χ1) is 15.6. The topological polar surface area (TPSA) is 12.9 Å². The molecule has 156 valence electrons. The van der Waals surface area contributed by atoms with Crippen LogP contribution < -0.4 is 0 Å². The second-order valence-electron chi connectivity index (χ2n) is 9.47. The Kier molecular flexibility index (Phi) is 4.14. The predicted molar refractivity (Wildman–Crippen MR) is 142 cm³/mol. The summed E-state index contributed by atoms with van der Waals surface area (Å²) in [5, 5.41) is 6.63. The Morgan fingerprint density at radius 2 is 1.50 bits per heavy atom. The number of benzene rings is 4. The van der Waals surface area contributed by atoms with Gasteiger partial charge in [0, 0.05) is 25.3 Å². The highest BCUT2D eigenvalue weighted by Crippen LogP contribution is 2.58. The van der Waals surface area contributed by atoms with Crippen LogP contribution in [0.15, 0.2) is 69.6 Å². The molecule has 2 aliphatic carbocycles. The molecule has 0 saturated heterocycles. The minimum absolute atomic E-state index is 0.641. The van der Waals surface area contributed by atoms with Crippen molar-refractivity contribution in [2.75, 3.05) is 0 Å². The van der Waals surface area contributed by atoms with Crippen molar-refractivity contribution >= 4 is 64.3 Å². The average molecular weight is 543 g/mol. The lowest BCUT2D eigenvalue weighted by Gasteiger charge is -2.23. The number of aromatic nitrogens is 1. The third-order valence-corrected chi connectivity index (χ3v) is 8.58. The van der Waals surface area contributed by atoms with Gasteiger partial charge in [-0.05, 0) is 89.6 Å². The Hall–Kier alpha value is -2.23. The summed E-state index contributed by atoms with van der Waals surface area (Å²) in [5.41, 5.74) is 7.97. The van der Waals surface area contributed by atoms with Gasteiger partial charge in [-0.2, -0.15) is 0 Å². The summed E-state index contributed by atoms with van der Waals surface area (Å²) in [4.78, 5) is 5.47. The quantitative estimate of drug-likeness (QED) is 0.192. The zero-order valence-corrected chi connectivity index (χ0v) is 20.9. The summed E-state index contributed by atoms with van der Waals surface area (Å²) in [6.07, 6.45) is 3.88. The highest BCUT2D eigenvalue weighted by Gasteiger charge is 2.41. The fourth-order valence-corrected chi connectivity index (χ4v) is 7.09. The van der Waals surface area contributed by atoms with Crippen molar-refractivity contribution < 1.29 is 0 Å². The summed E-state index contributed by atoms with van der Waals surface area (Å²) >= 11 is 7.40. The van der Waals surface area contributed by atoms with Crippen molar-refractivity contribution in [3.8, 4) is 11.3 Å². The Balaban J connectivity index is 1.74. The van der Waals surface area contributed by atoms with Crippen LogP contribution >= 0.6 is 31.9 Å². The van der Waals surface area contributed by atoms with Gasteiger partial charge < -0.3 is 0 Å². The van der Waals surface area contributed by atoms with Crippen LogP contribution in [0.4, 0.5) is 0 Å². The van der Waals surface area contributed by atoms with E-state index in [1.54, 1.807) is 5.56 Å². The van der Waals surface area contributed by atoms with E-state index in [9.17, 15) is 0 Å². The fourth-order valence-electron chi connectivity index (χ4n) is 6.33. The van der Waals surface area contributed by atoms with Crippen LogP contribution in [0.1, 0.15) is 47.8 Å². The van der Waals surface area contributed by atoms with Gasteiger partial charge in [0.2, 0.25) is 0 Å². The maximum absolute atomic E-state index is 5.47. The summed E-state index contributed by atoms with van der Waals surface area (Å²) in [6.45, 7) is 2.19. The van der Waals surface area contributed by atoms with E-state index in [1.807, 2.05) is 0 Å². The second kappa shape index (κ2) is 6.88. The molecule has 2 atom stereocenters. The molecule has 1 aromatic heterocycles. The molecule has 0 radical (unpaired) electrons. The van der Waals surface area contributed by atoms with Gasteiger partial charge in [0.1, 0.15) is 0 Å². The Labute approximate surface area is 204 Å². The molecule has 3 heteroatoms. The lowest BCUT2D eigenvalue weighted by atomic mass is 9.83. The lowest BCUT2D eigenvalue weighted by Crippen LogP contribution is -2.05. The number of hydrogen-bond donors (Lipinski definition) is 0. The van der Waals surface area contributed by atoms with Gasteiger partial charge >= 0.3 is 0 Å². The molecule has 2 aliphatic rings. The summed E-state index contributed by atoms with van der Waals surface area (Å²) < 4.78 is 2.22. The summed E-state index contributed by atoms with van der Waals surface area (Å²) in [5.74, 6) is 1.30. The van der Waals surface area contributed by atoms with Gasteiger partial charge in [0.05, 0.1) is 11.2 Å². The molecule has 7 rings (SSSR count). The highest BCUT2D eigenvalue weighted by molar-refractivity contribution is 9.10.